The highest BCUT2D eigenvalue weighted by Crippen LogP contribution is 2.32. The third-order valence-electron chi connectivity index (χ3n) is 3.26. The SMILES string of the molecule is CCCCOC(=O)c1cc2c(s1)CCC(C)C2. The van der Waals surface area contributed by atoms with Crippen LogP contribution < -0.4 is 0 Å². The molecule has 0 N–H and O–H groups in total. The summed E-state index contributed by atoms with van der Waals surface area (Å²) in [6.07, 6.45) is 5.51. The molecule has 1 aromatic rings. The summed E-state index contributed by atoms with van der Waals surface area (Å²) in [6, 6.07) is 2.05. The number of esters is 1. The fraction of sp³-hybridized carbons (Fsp3) is 0.643. The molecule has 2 nitrogen and oxygen atoms in total. The molecular formula is C14H20O2S. The number of thiophene rings is 1. The standard InChI is InChI=1S/C14H20O2S/c1-3-4-7-16-14(15)13-9-11-8-10(2)5-6-12(11)17-13/h9-10H,3-8H2,1-2H3. The Hall–Kier alpha value is -0.830. The van der Waals surface area contributed by atoms with Gasteiger partial charge in [-0.3, -0.25) is 0 Å². The Labute approximate surface area is 107 Å². The molecule has 0 radical (unpaired) electrons. The lowest BCUT2D eigenvalue weighted by molar-refractivity contribution is 0.0505. The first kappa shape index (κ1) is 12.6. The van der Waals surface area contributed by atoms with E-state index in [1.54, 1.807) is 11.3 Å². The summed E-state index contributed by atoms with van der Waals surface area (Å²) >= 11 is 1.63. The fourth-order valence-electron chi connectivity index (χ4n) is 2.19. The quantitative estimate of drug-likeness (QED) is 0.601. The van der Waals surface area contributed by atoms with Crippen molar-refractivity contribution in [2.75, 3.05) is 6.61 Å². The number of ether oxygens (including phenoxy) is 1. The van der Waals surface area contributed by atoms with Crippen molar-refractivity contribution in [3.05, 3.63) is 21.4 Å². The van der Waals surface area contributed by atoms with E-state index >= 15 is 0 Å². The number of rotatable bonds is 4. The number of hydrogen-bond acceptors (Lipinski definition) is 3. The van der Waals surface area contributed by atoms with E-state index < -0.39 is 0 Å². The van der Waals surface area contributed by atoms with Gasteiger partial charge in [-0.05, 0) is 43.2 Å². The minimum Gasteiger partial charge on any atom is -0.462 e. The van der Waals surface area contributed by atoms with E-state index in [-0.39, 0.29) is 5.97 Å². The first-order valence-corrected chi connectivity index (χ1v) is 7.31. The Balaban J connectivity index is 2.00. The van der Waals surface area contributed by atoms with Gasteiger partial charge in [-0.25, -0.2) is 4.79 Å². The van der Waals surface area contributed by atoms with Gasteiger partial charge >= 0.3 is 5.97 Å². The van der Waals surface area contributed by atoms with Crippen molar-refractivity contribution < 1.29 is 9.53 Å². The van der Waals surface area contributed by atoms with Crippen molar-refractivity contribution in [2.24, 2.45) is 5.92 Å². The van der Waals surface area contributed by atoms with Gasteiger partial charge in [0, 0.05) is 4.88 Å². The van der Waals surface area contributed by atoms with Gasteiger partial charge in [0.1, 0.15) is 4.88 Å². The number of aryl methyl sites for hydroxylation is 1. The lowest BCUT2D eigenvalue weighted by atomic mass is 9.90. The van der Waals surface area contributed by atoms with Gasteiger partial charge in [-0.2, -0.15) is 0 Å². The minimum absolute atomic E-state index is 0.134. The van der Waals surface area contributed by atoms with E-state index in [9.17, 15) is 4.79 Å². The van der Waals surface area contributed by atoms with Crippen molar-refractivity contribution in [2.45, 2.75) is 46.0 Å². The van der Waals surface area contributed by atoms with Crippen molar-refractivity contribution in [3.8, 4) is 0 Å². The average Bonchev–Trinajstić information content (AvgIpc) is 2.72. The van der Waals surface area contributed by atoms with E-state index in [1.807, 2.05) is 6.07 Å². The first-order valence-electron chi connectivity index (χ1n) is 6.49. The molecule has 2 rings (SSSR count). The number of fused-ring (bicyclic) bond motifs is 1. The molecule has 1 aliphatic carbocycles. The lowest BCUT2D eigenvalue weighted by Gasteiger charge is -2.16. The van der Waals surface area contributed by atoms with E-state index in [4.69, 9.17) is 4.74 Å². The normalized spacial score (nSPS) is 18.8. The minimum atomic E-state index is -0.134. The van der Waals surface area contributed by atoms with Gasteiger partial charge in [0.2, 0.25) is 0 Å². The smallest absolute Gasteiger partial charge is 0.348 e. The van der Waals surface area contributed by atoms with Crippen LogP contribution in [0.1, 0.15) is 53.2 Å². The molecule has 0 spiro atoms. The molecule has 0 aromatic carbocycles. The van der Waals surface area contributed by atoms with Crippen molar-refractivity contribution in [1.29, 1.82) is 0 Å². The maximum Gasteiger partial charge on any atom is 0.348 e. The molecule has 0 fully saturated rings. The van der Waals surface area contributed by atoms with Crippen LogP contribution in [0, 0.1) is 5.92 Å². The number of hydrogen-bond donors (Lipinski definition) is 0. The van der Waals surface area contributed by atoms with E-state index in [0.29, 0.717) is 6.61 Å². The summed E-state index contributed by atoms with van der Waals surface area (Å²) in [7, 11) is 0. The maximum absolute atomic E-state index is 11.8. The van der Waals surface area contributed by atoms with Crippen LogP contribution in [0.2, 0.25) is 0 Å². The molecule has 0 amide bonds. The molecule has 0 saturated carbocycles. The van der Waals surface area contributed by atoms with Crippen molar-refractivity contribution >= 4 is 17.3 Å². The molecule has 0 bridgehead atoms. The molecule has 0 saturated heterocycles. The van der Waals surface area contributed by atoms with Crippen LogP contribution in [0.5, 0.6) is 0 Å². The zero-order valence-electron chi connectivity index (χ0n) is 10.6. The summed E-state index contributed by atoms with van der Waals surface area (Å²) in [5.74, 6) is 0.617. The highest BCUT2D eigenvalue weighted by atomic mass is 32.1. The van der Waals surface area contributed by atoms with Crippen LogP contribution >= 0.6 is 11.3 Å². The third kappa shape index (κ3) is 3.09. The Morgan fingerprint density at radius 1 is 1.59 bits per heavy atom. The van der Waals surface area contributed by atoms with Gasteiger partial charge in [0.15, 0.2) is 0 Å². The van der Waals surface area contributed by atoms with Gasteiger partial charge in [0.25, 0.3) is 0 Å². The molecule has 0 aliphatic heterocycles. The first-order chi connectivity index (χ1) is 8.20. The molecule has 1 aliphatic rings. The summed E-state index contributed by atoms with van der Waals surface area (Å²) in [4.78, 5) is 14.0. The Morgan fingerprint density at radius 2 is 2.41 bits per heavy atom. The van der Waals surface area contributed by atoms with Crippen LogP contribution in [0.25, 0.3) is 0 Å². The van der Waals surface area contributed by atoms with Gasteiger partial charge in [-0.1, -0.05) is 20.3 Å². The lowest BCUT2D eigenvalue weighted by Crippen LogP contribution is -2.08. The van der Waals surface area contributed by atoms with Crippen LogP contribution in [0.4, 0.5) is 0 Å². The zero-order chi connectivity index (χ0) is 12.3. The Morgan fingerprint density at radius 3 is 3.18 bits per heavy atom. The van der Waals surface area contributed by atoms with E-state index in [2.05, 4.69) is 13.8 Å². The summed E-state index contributed by atoms with van der Waals surface area (Å²) in [6.45, 7) is 4.92. The Kier molecular flexibility index (Phi) is 4.21. The monoisotopic (exact) mass is 252 g/mol. The third-order valence-corrected chi connectivity index (χ3v) is 4.48. The van der Waals surface area contributed by atoms with E-state index in [0.717, 1.165) is 36.5 Å². The van der Waals surface area contributed by atoms with Crippen LogP contribution in [0.3, 0.4) is 0 Å². The molecule has 1 aromatic heterocycles. The van der Waals surface area contributed by atoms with Crippen LogP contribution in [-0.2, 0) is 17.6 Å². The average molecular weight is 252 g/mol. The molecule has 1 atom stereocenters. The predicted molar refractivity (Wildman–Crippen MR) is 70.7 cm³/mol. The molecule has 1 unspecified atom stereocenters. The largest absolute Gasteiger partial charge is 0.462 e. The number of carbonyl (C=O) groups is 1. The molecule has 17 heavy (non-hydrogen) atoms. The van der Waals surface area contributed by atoms with Gasteiger partial charge in [-0.15, -0.1) is 11.3 Å². The van der Waals surface area contributed by atoms with Crippen molar-refractivity contribution in [1.82, 2.24) is 0 Å². The summed E-state index contributed by atoms with van der Waals surface area (Å²) < 4.78 is 5.24. The highest BCUT2D eigenvalue weighted by molar-refractivity contribution is 7.14. The van der Waals surface area contributed by atoms with E-state index in [1.165, 1.54) is 16.9 Å². The van der Waals surface area contributed by atoms with Crippen LogP contribution in [-0.4, -0.2) is 12.6 Å². The summed E-state index contributed by atoms with van der Waals surface area (Å²) in [5.41, 5.74) is 1.37. The molecular weight excluding hydrogens is 232 g/mol. The molecule has 94 valence electrons. The summed E-state index contributed by atoms with van der Waals surface area (Å²) in [5, 5.41) is 0. The second-order valence-corrected chi connectivity index (χ2v) is 6.03. The topological polar surface area (TPSA) is 26.3 Å². The molecule has 3 heteroatoms. The maximum atomic E-state index is 11.8. The van der Waals surface area contributed by atoms with Crippen molar-refractivity contribution in [3.63, 3.8) is 0 Å². The second kappa shape index (κ2) is 5.67. The number of carbonyl (C=O) groups excluding carboxylic acids is 1. The van der Waals surface area contributed by atoms with Gasteiger partial charge in [0.05, 0.1) is 6.61 Å². The number of unbranched alkanes of at least 4 members (excludes halogenated alkanes) is 1. The van der Waals surface area contributed by atoms with Crippen LogP contribution in [0.15, 0.2) is 6.07 Å². The Bertz CT molecular complexity index is 395. The van der Waals surface area contributed by atoms with Gasteiger partial charge < -0.3 is 4.74 Å². The predicted octanol–water partition coefficient (Wildman–Crippen LogP) is 3.83. The molecule has 1 heterocycles. The zero-order valence-corrected chi connectivity index (χ0v) is 11.4. The highest BCUT2D eigenvalue weighted by Gasteiger charge is 2.21. The second-order valence-electron chi connectivity index (χ2n) is 4.90. The fourth-order valence-corrected chi connectivity index (χ4v) is 3.29.